The molecule has 3 aromatic rings. The topological polar surface area (TPSA) is 265 Å². The van der Waals surface area contributed by atoms with Gasteiger partial charge in [-0.1, -0.05) is 17.3 Å². The van der Waals surface area contributed by atoms with Gasteiger partial charge in [0.1, 0.15) is 24.1 Å². The number of nitrogens with one attached hydrogen (secondary N) is 2. The number of hydrogen-bond donors (Lipinski definition) is 5. The summed E-state index contributed by atoms with van der Waals surface area (Å²) in [5.74, 6) is -2.30. The Bertz CT molecular complexity index is 1780. The van der Waals surface area contributed by atoms with Crippen molar-refractivity contribution in [1.29, 1.82) is 0 Å². The van der Waals surface area contributed by atoms with Gasteiger partial charge < -0.3 is 36.0 Å². The Morgan fingerprint density at radius 1 is 1.23 bits per heavy atom. The number of nitrogen functional groups attached to an aromatic ring is 1. The molecule has 2 atom stereocenters. The Morgan fingerprint density at radius 3 is 2.47 bits per heavy atom. The fourth-order valence-electron chi connectivity index (χ4n) is 4.36. The molecule has 1 aromatic carbocycles. The van der Waals surface area contributed by atoms with E-state index >= 15 is 0 Å². The van der Waals surface area contributed by atoms with Crippen LogP contribution >= 0.6 is 11.3 Å². The maximum absolute atomic E-state index is 13.2. The van der Waals surface area contributed by atoms with Gasteiger partial charge >= 0.3 is 5.97 Å². The minimum atomic E-state index is -5.27. The molecule has 4 rings (SSSR count). The van der Waals surface area contributed by atoms with Crippen molar-refractivity contribution in [3.8, 4) is 16.9 Å². The van der Waals surface area contributed by atoms with Crippen LogP contribution in [0.25, 0.3) is 11.1 Å². The molecule has 0 bridgehead atoms. The summed E-state index contributed by atoms with van der Waals surface area (Å²) < 4.78 is 44.7. The summed E-state index contributed by atoms with van der Waals surface area (Å²) in [6.07, 6.45) is 0.252. The number of carboxylic acids is 1. The number of rotatable bonds is 15. The number of carboxylic acid groups (broad SMARTS) is 1. The second kappa shape index (κ2) is 14.3. The van der Waals surface area contributed by atoms with E-state index in [9.17, 15) is 32.5 Å². The standard InChI is InChI=1S/C27H32N8O10S2/c1-27(2)22(24(37)35(27)45-47(40,41)42)32-23(36)21(18-14-46-26(29)31-18)33-44-19(25(38)39)13-43-17-7-4-15(5-8-17)16-6-9-20(30-11-10-28)34(3)12-16/h4-9,12,14,19,22H,10-11,13,28H2,1-3H3,(H5,29,31,32,36,38,39,40,41,42)/b33-21-/t19-,22+/m0/s1. The van der Waals surface area contributed by atoms with Crippen LogP contribution in [0.4, 0.5) is 10.9 Å². The number of thiazole rings is 1. The highest BCUT2D eigenvalue weighted by molar-refractivity contribution is 7.80. The van der Waals surface area contributed by atoms with Gasteiger partial charge in [-0.3, -0.25) is 14.9 Å². The number of pyridine rings is 1. The Morgan fingerprint density at radius 2 is 1.91 bits per heavy atom. The first-order valence-corrected chi connectivity index (χ1v) is 16.0. The number of nitrogens with two attached hydrogens (primary N) is 2. The Balaban J connectivity index is 1.44. The summed E-state index contributed by atoms with van der Waals surface area (Å²) in [5.41, 5.74) is 10.9. The van der Waals surface area contributed by atoms with Crippen molar-refractivity contribution in [2.24, 2.45) is 17.9 Å². The number of benzene rings is 1. The molecule has 0 radical (unpaired) electrons. The summed E-state index contributed by atoms with van der Waals surface area (Å²) in [6, 6.07) is 9.40. The van der Waals surface area contributed by atoms with Crippen LogP contribution in [0.3, 0.4) is 0 Å². The molecule has 47 heavy (non-hydrogen) atoms. The zero-order valence-corrected chi connectivity index (χ0v) is 26.9. The monoisotopic (exact) mass is 692 g/mol. The van der Waals surface area contributed by atoms with Crippen molar-refractivity contribution in [2.75, 3.05) is 30.7 Å². The number of hydrogen-bond acceptors (Lipinski definition) is 15. The third-order valence-corrected chi connectivity index (χ3v) is 7.82. The second-order valence-corrected chi connectivity index (χ2v) is 12.4. The third-order valence-electron chi connectivity index (χ3n) is 6.82. The molecule has 1 saturated heterocycles. The summed E-state index contributed by atoms with van der Waals surface area (Å²) in [4.78, 5) is 46.8. The molecule has 20 heteroatoms. The van der Waals surface area contributed by atoms with E-state index in [0.29, 0.717) is 23.9 Å². The average Bonchev–Trinajstić information content (AvgIpc) is 3.44. The van der Waals surface area contributed by atoms with Gasteiger partial charge in [-0.15, -0.1) is 11.3 Å². The van der Waals surface area contributed by atoms with Crippen LogP contribution in [0.15, 0.2) is 53.1 Å². The van der Waals surface area contributed by atoms with Crippen molar-refractivity contribution in [1.82, 2.24) is 15.4 Å². The molecule has 2 aromatic heterocycles. The van der Waals surface area contributed by atoms with Crippen LogP contribution in [-0.2, 0) is 41.0 Å². The molecule has 0 aliphatic carbocycles. The lowest BCUT2D eigenvalue weighted by atomic mass is 9.84. The first-order valence-electron chi connectivity index (χ1n) is 13.8. The number of aryl methyl sites for hydroxylation is 1. The molecular formula is C27H32N8O10S2. The molecule has 252 valence electrons. The van der Waals surface area contributed by atoms with Gasteiger partial charge in [0, 0.05) is 23.6 Å². The maximum Gasteiger partial charge on any atom is 0.351 e. The average molecular weight is 693 g/mol. The van der Waals surface area contributed by atoms with Crippen LogP contribution < -0.4 is 31.4 Å². The van der Waals surface area contributed by atoms with Crippen molar-refractivity contribution in [3.63, 3.8) is 0 Å². The van der Waals surface area contributed by atoms with E-state index < -0.39 is 58.2 Å². The predicted octanol–water partition coefficient (Wildman–Crippen LogP) is -0.662. The first kappa shape index (κ1) is 35.0. The largest absolute Gasteiger partial charge is 0.724 e. The Hall–Kier alpha value is -4.89. The number of oxime groups is 1. The number of amides is 2. The number of hydroxylamine groups is 2. The number of aliphatic carboxylic acids is 1. The molecular weight excluding hydrogens is 660 g/mol. The van der Waals surface area contributed by atoms with Gasteiger partial charge in [-0.2, -0.15) is 9.35 Å². The minimum absolute atomic E-state index is 0.0512. The molecule has 0 unspecified atom stereocenters. The lowest BCUT2D eigenvalue weighted by Crippen LogP contribution is -2.76. The molecule has 7 N–H and O–H groups in total. The fourth-order valence-corrected chi connectivity index (χ4v) is 5.35. The lowest BCUT2D eigenvalue weighted by molar-refractivity contribution is -0.656. The van der Waals surface area contributed by atoms with Gasteiger partial charge in [-0.05, 0) is 37.6 Å². The number of ether oxygens (including phenoxy) is 1. The highest BCUT2D eigenvalue weighted by Gasteiger charge is 2.57. The summed E-state index contributed by atoms with van der Waals surface area (Å²) in [5, 5.41) is 20.7. The normalized spacial score (nSPS) is 16.6. The molecule has 2 amide bonds. The van der Waals surface area contributed by atoms with Crippen molar-refractivity contribution in [2.45, 2.75) is 31.5 Å². The molecule has 1 aliphatic heterocycles. The third kappa shape index (κ3) is 8.48. The number of β-lactam (4-membered cyclic amide) rings is 1. The number of carbonyl (C=O) groups is 3. The molecule has 0 spiro atoms. The van der Waals surface area contributed by atoms with Crippen LogP contribution in [0.1, 0.15) is 19.5 Å². The number of carbonyl (C=O) groups excluding carboxylic acids is 2. The maximum atomic E-state index is 13.2. The van der Waals surface area contributed by atoms with Crippen LogP contribution in [-0.4, -0.2) is 89.0 Å². The Labute approximate surface area is 272 Å². The summed E-state index contributed by atoms with van der Waals surface area (Å²) in [7, 11) is -3.37. The van der Waals surface area contributed by atoms with Gasteiger partial charge in [-0.25, -0.2) is 22.8 Å². The van der Waals surface area contributed by atoms with Crippen LogP contribution in [0.5, 0.6) is 5.75 Å². The highest BCUT2D eigenvalue weighted by atomic mass is 32.3. The summed E-state index contributed by atoms with van der Waals surface area (Å²) >= 11 is 0.951. The van der Waals surface area contributed by atoms with Crippen LogP contribution in [0, 0.1) is 0 Å². The highest BCUT2D eigenvalue weighted by Crippen LogP contribution is 2.33. The lowest BCUT2D eigenvalue weighted by Gasteiger charge is -2.51. The quantitative estimate of drug-likeness (QED) is 0.0331. The molecule has 1 aliphatic rings. The van der Waals surface area contributed by atoms with Crippen molar-refractivity contribution < 1.29 is 50.9 Å². The van der Waals surface area contributed by atoms with Gasteiger partial charge in [0.25, 0.3) is 23.7 Å². The second-order valence-electron chi connectivity index (χ2n) is 10.6. The van der Waals surface area contributed by atoms with Crippen molar-refractivity contribution >= 4 is 56.2 Å². The van der Waals surface area contributed by atoms with Crippen LogP contribution in [0.2, 0.25) is 0 Å². The van der Waals surface area contributed by atoms with E-state index in [1.807, 2.05) is 29.9 Å². The van der Waals surface area contributed by atoms with Gasteiger partial charge in [0.15, 0.2) is 10.8 Å². The van der Waals surface area contributed by atoms with Gasteiger partial charge in [0.2, 0.25) is 10.4 Å². The molecule has 18 nitrogen and oxygen atoms in total. The fraction of sp³-hybridized carbons (Fsp3) is 0.333. The molecule has 1 fully saturated rings. The SMILES string of the molecule is C[n+]1cc(-c2ccc(OC[C@H](O/N=C(\C(=O)N[C@@H]3C(=O)N(OS(=O)(=O)[O-])C3(C)C)c3csc(N)n3)C(=O)O)cc2)ccc1NCCN. The number of aromatic nitrogens is 2. The molecule has 0 saturated carbocycles. The minimum Gasteiger partial charge on any atom is -0.724 e. The Kier molecular flexibility index (Phi) is 10.6. The first-order chi connectivity index (χ1) is 22.1. The van der Waals surface area contributed by atoms with Gasteiger partial charge in [0.05, 0.1) is 25.3 Å². The zero-order chi connectivity index (χ0) is 34.5. The predicted molar refractivity (Wildman–Crippen MR) is 165 cm³/mol. The summed E-state index contributed by atoms with van der Waals surface area (Å²) in [6.45, 7) is 3.29. The number of nitrogens with zero attached hydrogens (tertiary/aromatic N) is 4. The number of anilines is 2. The van der Waals surface area contributed by atoms with E-state index in [0.717, 1.165) is 28.3 Å². The zero-order valence-electron chi connectivity index (χ0n) is 25.3. The van der Waals surface area contributed by atoms with Crippen molar-refractivity contribution in [3.05, 3.63) is 53.7 Å². The smallest absolute Gasteiger partial charge is 0.351 e. The molecule has 3 heterocycles. The van der Waals surface area contributed by atoms with E-state index in [1.165, 1.54) is 19.2 Å². The van der Waals surface area contributed by atoms with E-state index in [4.69, 9.17) is 21.0 Å². The van der Waals surface area contributed by atoms with E-state index in [1.54, 1.807) is 24.3 Å². The van der Waals surface area contributed by atoms with E-state index in [2.05, 4.69) is 25.1 Å². The van der Waals surface area contributed by atoms with E-state index in [-0.39, 0.29) is 10.8 Å².